The third-order valence-corrected chi connectivity index (χ3v) is 7.60. The van der Waals surface area contributed by atoms with E-state index in [1.165, 1.54) is 25.0 Å². The van der Waals surface area contributed by atoms with E-state index in [2.05, 4.69) is 24.7 Å². The number of rotatable bonds is 8. The van der Waals surface area contributed by atoms with Gasteiger partial charge in [0.25, 0.3) is 0 Å². The molecular weight excluding hydrogens is 483 g/mol. The summed E-state index contributed by atoms with van der Waals surface area (Å²) in [5, 5.41) is 12.8. The highest BCUT2D eigenvalue weighted by Crippen LogP contribution is 2.33. The summed E-state index contributed by atoms with van der Waals surface area (Å²) < 4.78 is 15.8. The molecule has 1 aliphatic heterocycles. The maximum absolute atomic E-state index is 13.6. The van der Waals surface area contributed by atoms with Gasteiger partial charge in [0.15, 0.2) is 17.0 Å². The van der Waals surface area contributed by atoms with Crippen LogP contribution in [0.25, 0.3) is 22.4 Å². The van der Waals surface area contributed by atoms with Gasteiger partial charge in [-0.2, -0.15) is 9.97 Å². The number of nitrogens with one attached hydrogen (secondary N) is 1. The van der Waals surface area contributed by atoms with E-state index < -0.39 is 0 Å². The summed E-state index contributed by atoms with van der Waals surface area (Å²) in [5.41, 5.74) is 4.13. The van der Waals surface area contributed by atoms with Crippen molar-refractivity contribution < 1.29 is 9.50 Å². The van der Waals surface area contributed by atoms with E-state index in [0.717, 1.165) is 67.0 Å². The molecule has 10 heteroatoms. The number of nitrogens with zero attached hydrogens (tertiary/aromatic N) is 7. The zero-order valence-electron chi connectivity index (χ0n) is 21.4. The van der Waals surface area contributed by atoms with E-state index in [1.54, 1.807) is 6.07 Å². The molecule has 0 spiro atoms. The third-order valence-electron chi connectivity index (χ3n) is 7.60. The van der Waals surface area contributed by atoms with Crippen LogP contribution in [0.4, 0.5) is 16.2 Å². The first kappa shape index (κ1) is 24.7. The summed E-state index contributed by atoms with van der Waals surface area (Å²) in [6.45, 7) is 4.77. The molecule has 2 fully saturated rings. The van der Waals surface area contributed by atoms with Gasteiger partial charge in [-0.25, -0.2) is 9.37 Å². The molecule has 1 saturated heterocycles. The van der Waals surface area contributed by atoms with Crippen molar-refractivity contribution in [1.29, 1.82) is 0 Å². The predicted molar refractivity (Wildman–Crippen MR) is 146 cm³/mol. The van der Waals surface area contributed by atoms with Crippen molar-refractivity contribution in [2.45, 2.75) is 38.3 Å². The summed E-state index contributed by atoms with van der Waals surface area (Å²) in [6.07, 6.45) is 8.49. The van der Waals surface area contributed by atoms with Crippen LogP contribution < -0.4 is 10.2 Å². The van der Waals surface area contributed by atoms with Gasteiger partial charge >= 0.3 is 0 Å². The first-order valence-corrected chi connectivity index (χ1v) is 13.5. The Labute approximate surface area is 221 Å². The number of fused-ring (bicyclic) bond motifs is 1. The third kappa shape index (κ3) is 5.19. The largest absolute Gasteiger partial charge is 0.395 e. The van der Waals surface area contributed by atoms with Crippen molar-refractivity contribution in [3.05, 3.63) is 60.3 Å². The predicted octanol–water partition coefficient (Wildman–Crippen LogP) is 3.87. The summed E-state index contributed by atoms with van der Waals surface area (Å²) in [5.74, 6) is 1.15. The Morgan fingerprint density at radius 1 is 1.00 bits per heavy atom. The molecular formula is C28H33FN8O. The Bertz CT molecular complexity index is 1380. The van der Waals surface area contributed by atoms with Crippen molar-refractivity contribution in [3.63, 3.8) is 0 Å². The number of aliphatic hydroxyl groups excluding tert-OH is 1. The molecule has 198 valence electrons. The standard InChI is InChI=1S/C28H33FN8O/c29-22-5-3-4-21(16-22)24-9-8-20(17-30-24)18-31-26-25-27(37(19-32-25)23-6-1-2-7-23)34-28(33-26)36-12-10-35(11-13-36)14-15-38/h3-5,8-9,16-17,19,23,38H,1-2,6-7,10-15,18H2,(H,31,33,34). The molecule has 0 unspecified atom stereocenters. The molecule has 38 heavy (non-hydrogen) atoms. The molecule has 0 radical (unpaired) electrons. The Hall–Kier alpha value is -3.63. The molecule has 0 atom stereocenters. The molecule has 2 N–H and O–H groups in total. The van der Waals surface area contributed by atoms with Crippen molar-refractivity contribution in [2.75, 3.05) is 49.5 Å². The smallest absolute Gasteiger partial charge is 0.229 e. The van der Waals surface area contributed by atoms with E-state index in [0.29, 0.717) is 30.9 Å². The lowest BCUT2D eigenvalue weighted by molar-refractivity contribution is 0.188. The van der Waals surface area contributed by atoms with Crippen LogP contribution in [0.15, 0.2) is 48.9 Å². The zero-order valence-corrected chi connectivity index (χ0v) is 21.4. The van der Waals surface area contributed by atoms with E-state index in [1.807, 2.05) is 30.7 Å². The number of hydrogen-bond acceptors (Lipinski definition) is 8. The van der Waals surface area contributed by atoms with E-state index in [4.69, 9.17) is 15.0 Å². The van der Waals surface area contributed by atoms with Crippen LogP contribution in [-0.4, -0.2) is 73.8 Å². The van der Waals surface area contributed by atoms with Gasteiger partial charge in [0.05, 0.1) is 18.6 Å². The molecule has 9 nitrogen and oxygen atoms in total. The number of aromatic nitrogens is 5. The van der Waals surface area contributed by atoms with Crippen molar-refractivity contribution in [3.8, 4) is 11.3 Å². The Morgan fingerprint density at radius 3 is 2.58 bits per heavy atom. The number of hydrogen-bond donors (Lipinski definition) is 2. The fourth-order valence-electron chi connectivity index (χ4n) is 5.47. The molecule has 1 saturated carbocycles. The number of β-amino-alcohol motifs (C(OH)–C–C–N with tert-alkyl or cyclic N) is 1. The average molecular weight is 517 g/mol. The first-order valence-electron chi connectivity index (χ1n) is 13.5. The lowest BCUT2D eigenvalue weighted by Crippen LogP contribution is -2.47. The van der Waals surface area contributed by atoms with Gasteiger partial charge in [-0.1, -0.05) is 31.0 Å². The van der Waals surface area contributed by atoms with Crippen LogP contribution in [0.5, 0.6) is 0 Å². The molecule has 4 heterocycles. The van der Waals surface area contributed by atoms with Gasteiger partial charge in [0, 0.05) is 57.1 Å². The van der Waals surface area contributed by atoms with Gasteiger partial charge in [0.1, 0.15) is 5.82 Å². The summed E-state index contributed by atoms with van der Waals surface area (Å²) in [7, 11) is 0. The van der Waals surface area contributed by atoms with Crippen LogP contribution in [0.3, 0.4) is 0 Å². The monoisotopic (exact) mass is 516 g/mol. The van der Waals surface area contributed by atoms with Gasteiger partial charge in [0.2, 0.25) is 5.95 Å². The normalized spacial score (nSPS) is 16.9. The van der Waals surface area contributed by atoms with Crippen molar-refractivity contribution >= 4 is 22.9 Å². The summed E-state index contributed by atoms with van der Waals surface area (Å²) >= 11 is 0. The van der Waals surface area contributed by atoms with Crippen molar-refractivity contribution in [2.24, 2.45) is 0 Å². The quantitative estimate of drug-likeness (QED) is 0.365. The lowest BCUT2D eigenvalue weighted by atomic mass is 10.1. The molecule has 1 aromatic carbocycles. The second-order valence-corrected chi connectivity index (χ2v) is 10.1. The average Bonchev–Trinajstić information content (AvgIpc) is 3.63. The number of imidazole rings is 1. The maximum atomic E-state index is 13.6. The Morgan fingerprint density at radius 2 is 1.84 bits per heavy atom. The number of anilines is 2. The zero-order chi connectivity index (χ0) is 25.9. The van der Waals surface area contributed by atoms with E-state index in [9.17, 15) is 9.50 Å². The molecule has 1 aliphatic carbocycles. The number of pyridine rings is 1. The molecule has 3 aromatic heterocycles. The number of aliphatic hydroxyl groups is 1. The fraction of sp³-hybridized carbons (Fsp3) is 0.429. The first-order chi connectivity index (χ1) is 18.7. The van der Waals surface area contributed by atoms with E-state index >= 15 is 0 Å². The number of benzene rings is 1. The van der Waals surface area contributed by atoms with E-state index in [-0.39, 0.29) is 12.4 Å². The van der Waals surface area contributed by atoms with Gasteiger partial charge < -0.3 is 19.9 Å². The molecule has 4 aromatic rings. The van der Waals surface area contributed by atoms with Gasteiger partial charge in [-0.05, 0) is 36.6 Å². The van der Waals surface area contributed by atoms with Crippen LogP contribution in [0.1, 0.15) is 37.3 Å². The Kier molecular flexibility index (Phi) is 7.15. The van der Waals surface area contributed by atoms with Crippen LogP contribution in [-0.2, 0) is 6.54 Å². The van der Waals surface area contributed by atoms with Crippen LogP contribution in [0.2, 0.25) is 0 Å². The van der Waals surface area contributed by atoms with Crippen LogP contribution >= 0.6 is 0 Å². The fourth-order valence-corrected chi connectivity index (χ4v) is 5.47. The minimum absolute atomic E-state index is 0.176. The number of piperazine rings is 1. The topological polar surface area (TPSA) is 95.2 Å². The highest BCUT2D eigenvalue weighted by molar-refractivity contribution is 5.84. The molecule has 0 amide bonds. The lowest BCUT2D eigenvalue weighted by Gasteiger charge is -2.34. The molecule has 2 aliphatic rings. The maximum Gasteiger partial charge on any atom is 0.229 e. The van der Waals surface area contributed by atoms with Crippen molar-refractivity contribution in [1.82, 2.24) is 29.4 Å². The molecule has 0 bridgehead atoms. The second-order valence-electron chi connectivity index (χ2n) is 10.1. The minimum atomic E-state index is -0.273. The SMILES string of the molecule is OCCN1CCN(c2nc(NCc3ccc(-c4cccc(F)c4)nc3)c3ncn(C4CCCC4)c3n2)CC1. The number of halogens is 1. The minimum Gasteiger partial charge on any atom is -0.395 e. The Balaban J connectivity index is 1.25. The summed E-state index contributed by atoms with van der Waals surface area (Å²) in [6, 6.07) is 10.8. The summed E-state index contributed by atoms with van der Waals surface area (Å²) in [4.78, 5) is 23.7. The van der Waals surface area contributed by atoms with Gasteiger partial charge in [-0.15, -0.1) is 0 Å². The highest BCUT2D eigenvalue weighted by atomic mass is 19.1. The molecule has 6 rings (SSSR count). The van der Waals surface area contributed by atoms with Crippen LogP contribution in [0, 0.1) is 5.82 Å². The van der Waals surface area contributed by atoms with Gasteiger partial charge in [-0.3, -0.25) is 9.88 Å². The highest BCUT2D eigenvalue weighted by Gasteiger charge is 2.24. The second kappa shape index (κ2) is 11.0.